The van der Waals surface area contributed by atoms with Gasteiger partial charge in [0, 0.05) is 35.8 Å². The van der Waals surface area contributed by atoms with E-state index in [0.717, 1.165) is 24.2 Å². The molecule has 4 rings (SSSR count). The first-order valence-electron chi connectivity index (χ1n) is 10.5. The van der Waals surface area contributed by atoms with Crippen molar-refractivity contribution >= 4 is 45.0 Å². The van der Waals surface area contributed by atoms with E-state index in [0.29, 0.717) is 24.5 Å². The molecular formula is C22H24FN3O4S2. The number of sulfonamides is 1. The third-order valence-corrected chi connectivity index (χ3v) is 8.42. The lowest BCUT2D eigenvalue weighted by atomic mass is 10.2. The van der Waals surface area contributed by atoms with E-state index in [1.807, 2.05) is 0 Å². The Bertz CT molecular complexity index is 1130. The van der Waals surface area contributed by atoms with Crippen molar-refractivity contribution in [3.63, 3.8) is 0 Å². The molecular weight excluding hydrogens is 453 g/mol. The number of hydrogen-bond donors (Lipinski definition) is 1. The van der Waals surface area contributed by atoms with Gasteiger partial charge < -0.3 is 10.2 Å². The minimum Gasteiger partial charge on any atom is -0.324 e. The van der Waals surface area contributed by atoms with Crippen molar-refractivity contribution in [2.45, 2.75) is 35.5 Å². The summed E-state index contributed by atoms with van der Waals surface area (Å²) in [7, 11) is -3.69. The van der Waals surface area contributed by atoms with E-state index in [1.165, 1.54) is 45.2 Å². The first-order chi connectivity index (χ1) is 15.3. The van der Waals surface area contributed by atoms with Crippen LogP contribution in [0, 0.1) is 5.82 Å². The van der Waals surface area contributed by atoms with Gasteiger partial charge in [0.1, 0.15) is 12.4 Å². The second-order valence-electron chi connectivity index (χ2n) is 7.73. The molecule has 1 N–H and O–H groups in total. The molecule has 0 spiro atoms. The van der Waals surface area contributed by atoms with Crippen molar-refractivity contribution in [1.82, 2.24) is 4.31 Å². The normalized spacial score (nSPS) is 17.5. The summed E-state index contributed by atoms with van der Waals surface area (Å²) >= 11 is 1.45. The van der Waals surface area contributed by atoms with Crippen LogP contribution in [-0.4, -0.2) is 49.9 Å². The van der Waals surface area contributed by atoms with Gasteiger partial charge in [0.25, 0.3) is 0 Å². The van der Waals surface area contributed by atoms with Gasteiger partial charge >= 0.3 is 0 Å². The van der Waals surface area contributed by atoms with Gasteiger partial charge in [-0.15, -0.1) is 11.8 Å². The van der Waals surface area contributed by atoms with Gasteiger partial charge in [-0.1, -0.05) is 12.5 Å². The first kappa shape index (κ1) is 22.8. The Morgan fingerprint density at radius 2 is 1.88 bits per heavy atom. The highest BCUT2D eigenvalue weighted by molar-refractivity contribution is 7.99. The Balaban J connectivity index is 1.62. The fraction of sp³-hybridized carbons (Fsp3) is 0.364. The lowest BCUT2D eigenvalue weighted by Gasteiger charge is -2.27. The standard InChI is InChI=1S/C22H24FN3O4S2/c23-16-5-4-6-17(13-16)24-21(27)15-26-19-14-18(7-8-20(19)31-12-9-22(26)28)32(29,30)25-10-2-1-3-11-25/h4-8,13-14H,1-3,9-12,15H2,(H,24,27). The average molecular weight is 478 g/mol. The Labute approximate surface area is 191 Å². The number of thioether (sulfide) groups is 1. The van der Waals surface area contributed by atoms with Crippen LogP contribution in [0.4, 0.5) is 15.8 Å². The molecule has 0 saturated carbocycles. The summed E-state index contributed by atoms with van der Waals surface area (Å²) in [6.45, 7) is 0.663. The Hall–Kier alpha value is -2.43. The fourth-order valence-electron chi connectivity index (χ4n) is 3.85. The van der Waals surface area contributed by atoms with Gasteiger partial charge in [-0.2, -0.15) is 4.31 Å². The molecule has 32 heavy (non-hydrogen) atoms. The summed E-state index contributed by atoms with van der Waals surface area (Å²) < 4.78 is 41.2. The molecule has 0 bridgehead atoms. The predicted octanol–water partition coefficient (Wildman–Crippen LogP) is 3.47. The van der Waals surface area contributed by atoms with Crippen LogP contribution in [-0.2, 0) is 19.6 Å². The highest BCUT2D eigenvalue weighted by Crippen LogP contribution is 2.37. The SMILES string of the molecule is O=C(CN1C(=O)CCSc2ccc(S(=O)(=O)N3CCCCC3)cc21)Nc1cccc(F)c1. The molecule has 7 nitrogen and oxygen atoms in total. The topological polar surface area (TPSA) is 86.8 Å². The smallest absolute Gasteiger partial charge is 0.244 e. The van der Waals surface area contributed by atoms with Crippen molar-refractivity contribution < 1.29 is 22.4 Å². The maximum atomic E-state index is 13.4. The summed E-state index contributed by atoms with van der Waals surface area (Å²) in [6.07, 6.45) is 2.88. The molecule has 10 heteroatoms. The number of nitrogens with zero attached hydrogens (tertiary/aromatic N) is 2. The summed E-state index contributed by atoms with van der Waals surface area (Å²) in [5, 5.41) is 2.59. The van der Waals surface area contributed by atoms with E-state index in [9.17, 15) is 22.4 Å². The van der Waals surface area contributed by atoms with E-state index in [2.05, 4.69) is 5.32 Å². The number of nitrogens with one attached hydrogen (secondary N) is 1. The number of carbonyl (C=O) groups is 2. The number of rotatable bonds is 5. The molecule has 0 aliphatic carbocycles. The summed E-state index contributed by atoms with van der Waals surface area (Å²) in [6, 6.07) is 10.2. The Morgan fingerprint density at radius 3 is 2.62 bits per heavy atom. The third-order valence-electron chi connectivity index (χ3n) is 5.46. The van der Waals surface area contributed by atoms with E-state index in [-0.39, 0.29) is 29.5 Å². The van der Waals surface area contributed by atoms with Crippen LogP contribution in [0.2, 0.25) is 0 Å². The molecule has 2 aromatic rings. The minimum atomic E-state index is -3.69. The predicted molar refractivity (Wildman–Crippen MR) is 122 cm³/mol. The number of anilines is 2. The first-order valence-corrected chi connectivity index (χ1v) is 12.9. The lowest BCUT2D eigenvalue weighted by molar-refractivity contribution is -0.121. The number of benzene rings is 2. The molecule has 1 fully saturated rings. The summed E-state index contributed by atoms with van der Waals surface area (Å²) in [4.78, 5) is 27.6. The van der Waals surface area contributed by atoms with Gasteiger partial charge in [0.05, 0.1) is 10.6 Å². The van der Waals surface area contributed by atoms with Crippen molar-refractivity contribution in [3.8, 4) is 0 Å². The summed E-state index contributed by atoms with van der Waals surface area (Å²) in [5.74, 6) is -0.710. The number of piperidine rings is 1. The third kappa shape index (κ3) is 4.97. The molecule has 170 valence electrons. The highest BCUT2D eigenvalue weighted by Gasteiger charge is 2.30. The van der Waals surface area contributed by atoms with Gasteiger partial charge in [0.2, 0.25) is 21.8 Å². The summed E-state index contributed by atoms with van der Waals surface area (Å²) in [5.41, 5.74) is 0.693. The lowest BCUT2D eigenvalue weighted by Crippen LogP contribution is -2.38. The van der Waals surface area contributed by atoms with Gasteiger partial charge in [0.15, 0.2) is 0 Å². The van der Waals surface area contributed by atoms with Crippen LogP contribution < -0.4 is 10.2 Å². The van der Waals surface area contributed by atoms with Crippen LogP contribution >= 0.6 is 11.8 Å². The second-order valence-corrected chi connectivity index (χ2v) is 10.8. The zero-order valence-corrected chi connectivity index (χ0v) is 19.1. The number of carbonyl (C=O) groups excluding carboxylic acids is 2. The molecule has 2 aliphatic rings. The maximum absolute atomic E-state index is 13.4. The molecule has 0 radical (unpaired) electrons. The van der Waals surface area contributed by atoms with E-state index in [4.69, 9.17) is 0 Å². The molecule has 0 aromatic heterocycles. The second kappa shape index (κ2) is 9.60. The number of hydrogen-bond acceptors (Lipinski definition) is 5. The highest BCUT2D eigenvalue weighted by atomic mass is 32.2. The molecule has 2 aliphatic heterocycles. The van der Waals surface area contributed by atoms with Gasteiger partial charge in [-0.05, 0) is 49.2 Å². The van der Waals surface area contributed by atoms with Crippen molar-refractivity contribution in [1.29, 1.82) is 0 Å². The monoisotopic (exact) mass is 477 g/mol. The van der Waals surface area contributed by atoms with Crippen LogP contribution in [0.15, 0.2) is 52.3 Å². The molecule has 0 atom stereocenters. The molecule has 2 heterocycles. The van der Waals surface area contributed by atoms with Crippen molar-refractivity contribution in [2.75, 3.05) is 35.6 Å². The van der Waals surface area contributed by atoms with E-state index < -0.39 is 21.7 Å². The van der Waals surface area contributed by atoms with Crippen LogP contribution in [0.3, 0.4) is 0 Å². The quantitative estimate of drug-likeness (QED) is 0.713. The zero-order valence-electron chi connectivity index (χ0n) is 17.4. The number of fused-ring (bicyclic) bond motifs is 1. The minimum absolute atomic E-state index is 0.115. The van der Waals surface area contributed by atoms with Crippen LogP contribution in [0.5, 0.6) is 0 Å². The fourth-order valence-corrected chi connectivity index (χ4v) is 6.36. The molecule has 2 amide bonds. The van der Waals surface area contributed by atoms with E-state index in [1.54, 1.807) is 18.2 Å². The molecule has 1 saturated heterocycles. The van der Waals surface area contributed by atoms with Crippen molar-refractivity contribution in [2.24, 2.45) is 0 Å². The van der Waals surface area contributed by atoms with Gasteiger partial charge in [-0.25, -0.2) is 12.8 Å². The maximum Gasteiger partial charge on any atom is 0.244 e. The molecule has 0 unspecified atom stereocenters. The number of amides is 2. The van der Waals surface area contributed by atoms with Crippen LogP contribution in [0.25, 0.3) is 0 Å². The van der Waals surface area contributed by atoms with Crippen molar-refractivity contribution in [3.05, 3.63) is 48.3 Å². The van der Waals surface area contributed by atoms with Gasteiger partial charge in [-0.3, -0.25) is 9.59 Å². The van der Waals surface area contributed by atoms with Crippen LogP contribution in [0.1, 0.15) is 25.7 Å². The zero-order chi connectivity index (χ0) is 22.7. The Morgan fingerprint density at radius 1 is 1.09 bits per heavy atom. The Kier molecular flexibility index (Phi) is 6.82. The van der Waals surface area contributed by atoms with E-state index >= 15 is 0 Å². The largest absolute Gasteiger partial charge is 0.324 e. The average Bonchev–Trinajstić information content (AvgIpc) is 2.92. The number of halogens is 1. The molecule has 2 aromatic carbocycles.